The van der Waals surface area contributed by atoms with E-state index in [0.29, 0.717) is 22.7 Å². The Kier molecular flexibility index (Phi) is 5.22. The summed E-state index contributed by atoms with van der Waals surface area (Å²) >= 11 is 0. The van der Waals surface area contributed by atoms with E-state index < -0.39 is 5.91 Å². The third kappa shape index (κ3) is 3.74. The fraction of sp³-hybridized carbons (Fsp3) is 0.333. The summed E-state index contributed by atoms with van der Waals surface area (Å²) in [5.41, 5.74) is 16.5. The minimum atomic E-state index is -0.646. The van der Waals surface area contributed by atoms with Gasteiger partial charge in [0.15, 0.2) is 0 Å². The minimum Gasteiger partial charge on any atom is -0.508 e. The molecule has 2 rings (SSSR count). The van der Waals surface area contributed by atoms with Gasteiger partial charge in [0.2, 0.25) is 0 Å². The molecule has 144 valence electrons. The lowest BCUT2D eigenvalue weighted by atomic mass is 9.83. The third-order valence-electron chi connectivity index (χ3n) is 4.71. The lowest BCUT2D eigenvalue weighted by molar-refractivity contribution is 0.100. The molecule has 0 aliphatic heterocycles. The number of hydrogen-bond donors (Lipinski definition) is 5. The van der Waals surface area contributed by atoms with Gasteiger partial charge in [-0.25, -0.2) is 0 Å². The van der Waals surface area contributed by atoms with Crippen molar-refractivity contribution in [3.63, 3.8) is 0 Å². The zero-order chi connectivity index (χ0) is 20.7. The van der Waals surface area contributed by atoms with Crippen LogP contribution in [0.5, 0.6) is 5.75 Å². The first-order valence-corrected chi connectivity index (χ1v) is 8.74. The average Bonchev–Trinajstić information content (AvgIpc) is 2.84. The van der Waals surface area contributed by atoms with Crippen LogP contribution in [0.15, 0.2) is 17.7 Å². The molecule has 0 radical (unpaired) electrons. The molecule has 6 heteroatoms. The van der Waals surface area contributed by atoms with Gasteiger partial charge in [-0.15, -0.1) is 0 Å². The Labute approximate surface area is 159 Å². The van der Waals surface area contributed by atoms with E-state index in [4.69, 9.17) is 16.9 Å². The molecule has 7 N–H and O–H groups in total. The number of primary amides is 1. The van der Waals surface area contributed by atoms with Gasteiger partial charge in [0.1, 0.15) is 5.75 Å². The summed E-state index contributed by atoms with van der Waals surface area (Å²) in [6.45, 7) is 11.4. The smallest absolute Gasteiger partial charge is 0.252 e. The number of aryl methyl sites for hydroxylation is 1. The van der Waals surface area contributed by atoms with Crippen LogP contribution in [0.25, 0.3) is 17.3 Å². The Morgan fingerprint density at radius 2 is 1.85 bits per heavy atom. The van der Waals surface area contributed by atoms with Gasteiger partial charge in [-0.05, 0) is 49.5 Å². The molecule has 1 heterocycles. The van der Waals surface area contributed by atoms with Crippen LogP contribution in [-0.4, -0.2) is 21.7 Å². The van der Waals surface area contributed by atoms with Crippen LogP contribution in [0.3, 0.4) is 0 Å². The number of H-pyrrole nitrogens is 1. The van der Waals surface area contributed by atoms with Gasteiger partial charge < -0.3 is 27.0 Å². The number of nitrogen functional groups attached to an aromatic ring is 1. The van der Waals surface area contributed by atoms with Gasteiger partial charge in [0.05, 0.1) is 22.6 Å². The number of hydrogen-bond acceptors (Lipinski definition) is 4. The SMILES string of the molecule is CC(=N)/C(=C\c1[nH]c(-c2c(C)ccc(O)c2C)c(N)c1C(N)=O)C(C)(C)C. The van der Waals surface area contributed by atoms with E-state index in [-0.39, 0.29) is 22.4 Å². The Bertz CT molecular complexity index is 960. The van der Waals surface area contributed by atoms with Crippen molar-refractivity contribution in [2.75, 3.05) is 5.73 Å². The number of aromatic amines is 1. The van der Waals surface area contributed by atoms with Gasteiger partial charge >= 0.3 is 0 Å². The molecule has 27 heavy (non-hydrogen) atoms. The number of phenolic OH excluding ortho intramolecular Hbond substituents is 1. The molecular weight excluding hydrogens is 340 g/mol. The largest absolute Gasteiger partial charge is 0.508 e. The second kappa shape index (κ2) is 6.95. The van der Waals surface area contributed by atoms with Crippen molar-refractivity contribution in [1.82, 2.24) is 4.98 Å². The van der Waals surface area contributed by atoms with Crippen LogP contribution in [-0.2, 0) is 0 Å². The average molecular weight is 368 g/mol. The summed E-state index contributed by atoms with van der Waals surface area (Å²) in [4.78, 5) is 15.3. The Morgan fingerprint density at radius 3 is 2.33 bits per heavy atom. The number of nitrogens with two attached hydrogens (primary N) is 2. The van der Waals surface area contributed by atoms with Crippen LogP contribution in [0.1, 0.15) is 54.9 Å². The van der Waals surface area contributed by atoms with Crippen molar-refractivity contribution in [3.05, 3.63) is 40.1 Å². The highest BCUT2D eigenvalue weighted by Gasteiger charge is 2.25. The summed E-state index contributed by atoms with van der Waals surface area (Å²) < 4.78 is 0. The molecule has 1 aromatic carbocycles. The van der Waals surface area contributed by atoms with Crippen LogP contribution < -0.4 is 11.5 Å². The summed E-state index contributed by atoms with van der Waals surface area (Å²) in [6.07, 6.45) is 1.76. The molecule has 0 bridgehead atoms. The lowest BCUT2D eigenvalue weighted by Gasteiger charge is -2.22. The topological polar surface area (TPSA) is 129 Å². The maximum absolute atomic E-state index is 12.1. The summed E-state index contributed by atoms with van der Waals surface area (Å²) in [7, 11) is 0. The number of amides is 1. The standard InChI is InChI=1S/C21H28N4O2/c1-10-7-8-15(26)11(2)16(10)19-18(23)17(20(24)27)14(25-19)9-13(12(3)22)21(4,5)6/h7-9,22,25-26H,23H2,1-6H3,(H2,24,27)/b13-9+,22-12?. The number of carbonyl (C=O) groups excluding carboxylic acids is 1. The van der Waals surface area contributed by atoms with E-state index in [1.165, 1.54) is 0 Å². The first-order chi connectivity index (χ1) is 12.4. The van der Waals surface area contributed by atoms with Crippen molar-refractivity contribution in [2.24, 2.45) is 11.1 Å². The maximum Gasteiger partial charge on any atom is 0.252 e. The summed E-state index contributed by atoms with van der Waals surface area (Å²) in [5.74, 6) is -0.499. The molecule has 0 fully saturated rings. The number of allylic oxidation sites excluding steroid dienone is 1. The molecule has 0 atom stereocenters. The number of benzene rings is 1. The van der Waals surface area contributed by atoms with Crippen LogP contribution in [0.2, 0.25) is 0 Å². The van der Waals surface area contributed by atoms with Gasteiger partial charge in [-0.1, -0.05) is 26.8 Å². The predicted octanol–water partition coefficient (Wildman–Crippen LogP) is 4.15. The molecule has 2 aromatic rings. The Morgan fingerprint density at radius 1 is 1.26 bits per heavy atom. The quantitative estimate of drug-likeness (QED) is 0.520. The first-order valence-electron chi connectivity index (χ1n) is 8.74. The van der Waals surface area contributed by atoms with Gasteiger partial charge in [-0.3, -0.25) is 4.79 Å². The van der Waals surface area contributed by atoms with Crippen molar-refractivity contribution in [3.8, 4) is 17.0 Å². The van der Waals surface area contributed by atoms with E-state index in [1.54, 1.807) is 32.1 Å². The maximum atomic E-state index is 12.1. The number of rotatable bonds is 4. The molecule has 1 amide bonds. The highest BCUT2D eigenvalue weighted by molar-refractivity contribution is 6.08. The van der Waals surface area contributed by atoms with E-state index in [2.05, 4.69) is 4.98 Å². The number of phenols is 1. The number of carbonyl (C=O) groups is 1. The van der Waals surface area contributed by atoms with Gasteiger partial charge in [0.25, 0.3) is 5.91 Å². The number of aromatic hydroxyl groups is 1. The third-order valence-corrected chi connectivity index (χ3v) is 4.71. The monoisotopic (exact) mass is 368 g/mol. The molecule has 0 aliphatic carbocycles. The van der Waals surface area contributed by atoms with Crippen LogP contribution in [0.4, 0.5) is 5.69 Å². The van der Waals surface area contributed by atoms with E-state index in [0.717, 1.165) is 16.7 Å². The van der Waals surface area contributed by atoms with E-state index in [1.807, 2.05) is 27.7 Å². The molecule has 0 saturated heterocycles. The zero-order valence-corrected chi connectivity index (χ0v) is 16.7. The van der Waals surface area contributed by atoms with Gasteiger partial charge in [0, 0.05) is 16.8 Å². The van der Waals surface area contributed by atoms with Crippen molar-refractivity contribution >= 4 is 23.4 Å². The van der Waals surface area contributed by atoms with E-state index >= 15 is 0 Å². The number of aromatic nitrogens is 1. The van der Waals surface area contributed by atoms with Crippen molar-refractivity contribution in [1.29, 1.82) is 5.41 Å². The molecule has 1 aromatic heterocycles. The first kappa shape index (κ1) is 20.3. The second-order valence-electron chi connectivity index (χ2n) is 7.90. The van der Waals surface area contributed by atoms with Crippen molar-refractivity contribution < 1.29 is 9.90 Å². The Hall–Kier alpha value is -3.02. The molecule has 0 aliphatic rings. The van der Waals surface area contributed by atoms with Crippen LogP contribution >= 0.6 is 0 Å². The minimum absolute atomic E-state index is 0.146. The summed E-state index contributed by atoms with van der Waals surface area (Å²) in [5, 5.41) is 18.2. The van der Waals surface area contributed by atoms with Crippen LogP contribution in [0, 0.1) is 24.7 Å². The normalized spacial score (nSPS) is 12.3. The number of nitrogens with one attached hydrogen (secondary N) is 2. The molecule has 0 spiro atoms. The molecular formula is C21H28N4O2. The van der Waals surface area contributed by atoms with E-state index in [9.17, 15) is 9.90 Å². The molecule has 0 saturated carbocycles. The highest BCUT2D eigenvalue weighted by Crippen LogP contribution is 2.39. The predicted molar refractivity (Wildman–Crippen MR) is 111 cm³/mol. The Balaban J connectivity index is 2.85. The molecule has 6 nitrogen and oxygen atoms in total. The summed E-state index contributed by atoms with van der Waals surface area (Å²) in [6, 6.07) is 3.42. The fourth-order valence-electron chi connectivity index (χ4n) is 3.36. The number of anilines is 1. The second-order valence-corrected chi connectivity index (χ2v) is 7.90. The molecule has 0 unspecified atom stereocenters. The van der Waals surface area contributed by atoms with Gasteiger partial charge in [-0.2, -0.15) is 0 Å². The van der Waals surface area contributed by atoms with Crippen molar-refractivity contribution in [2.45, 2.75) is 41.5 Å². The lowest BCUT2D eigenvalue weighted by Crippen LogP contribution is -2.17. The zero-order valence-electron chi connectivity index (χ0n) is 16.7. The fourth-order valence-corrected chi connectivity index (χ4v) is 3.36. The highest BCUT2D eigenvalue weighted by atomic mass is 16.3.